The number of thioether (sulfide) groups is 1. The van der Waals surface area contributed by atoms with Crippen LogP contribution in [0.15, 0.2) is 53.4 Å². The number of carbonyl (C=O) groups excluding carboxylic acids is 2. The highest BCUT2D eigenvalue weighted by molar-refractivity contribution is 8.01. The second-order valence-corrected chi connectivity index (χ2v) is 7.87. The molecule has 1 aliphatic rings. The number of nitrogens with zero attached hydrogens (tertiary/aromatic N) is 1. The van der Waals surface area contributed by atoms with Gasteiger partial charge < -0.3 is 15.5 Å². The second kappa shape index (κ2) is 8.38. The summed E-state index contributed by atoms with van der Waals surface area (Å²) < 4.78 is 0. The number of hydrogen-bond donors (Lipinski definition) is 2. The molecule has 2 aromatic rings. The van der Waals surface area contributed by atoms with Gasteiger partial charge in [0.05, 0.1) is 10.9 Å². The third-order valence-electron chi connectivity index (χ3n) is 4.09. The molecule has 0 spiro atoms. The summed E-state index contributed by atoms with van der Waals surface area (Å²) in [5.41, 5.74) is 3.10. The molecule has 1 heterocycles. The van der Waals surface area contributed by atoms with E-state index in [1.165, 1.54) is 17.3 Å². The molecule has 3 rings (SSSR count). The summed E-state index contributed by atoms with van der Waals surface area (Å²) in [4.78, 5) is 27.5. The van der Waals surface area contributed by atoms with E-state index in [0.717, 1.165) is 22.7 Å². The van der Waals surface area contributed by atoms with Crippen LogP contribution in [-0.2, 0) is 22.7 Å². The number of rotatable bonds is 6. The van der Waals surface area contributed by atoms with Gasteiger partial charge in [0.15, 0.2) is 0 Å². The van der Waals surface area contributed by atoms with Gasteiger partial charge in [-0.3, -0.25) is 9.59 Å². The van der Waals surface area contributed by atoms with E-state index in [-0.39, 0.29) is 18.2 Å². The number of carbonyl (C=O) groups is 2. The van der Waals surface area contributed by atoms with Crippen molar-refractivity contribution >= 4 is 29.3 Å². The Labute approximate surface area is 158 Å². The number of para-hydroxylation sites is 1. The molecule has 1 aliphatic heterocycles. The van der Waals surface area contributed by atoms with E-state index < -0.39 is 5.25 Å². The number of anilines is 1. The first kappa shape index (κ1) is 18.5. The lowest BCUT2D eigenvalue weighted by Crippen LogP contribution is -2.34. The largest absolute Gasteiger partial charge is 0.352 e. The number of fused-ring (bicyclic) bond motifs is 1. The van der Waals surface area contributed by atoms with Crippen molar-refractivity contribution in [1.29, 1.82) is 0 Å². The SMILES string of the molecule is CN(C)Cc1ccc(CNC(=O)C[C@H]2Sc3ccccc3NC2=O)cc1. The molecule has 0 aliphatic carbocycles. The monoisotopic (exact) mass is 369 g/mol. The van der Waals surface area contributed by atoms with Crippen LogP contribution in [0.3, 0.4) is 0 Å². The van der Waals surface area contributed by atoms with E-state index >= 15 is 0 Å². The molecule has 2 N–H and O–H groups in total. The van der Waals surface area contributed by atoms with Gasteiger partial charge in [-0.1, -0.05) is 36.4 Å². The van der Waals surface area contributed by atoms with Gasteiger partial charge in [-0.2, -0.15) is 0 Å². The van der Waals surface area contributed by atoms with Crippen molar-refractivity contribution < 1.29 is 9.59 Å². The third-order valence-corrected chi connectivity index (χ3v) is 5.36. The first-order chi connectivity index (χ1) is 12.5. The summed E-state index contributed by atoms with van der Waals surface area (Å²) in [7, 11) is 4.07. The fourth-order valence-electron chi connectivity index (χ4n) is 2.80. The van der Waals surface area contributed by atoms with Crippen LogP contribution in [0, 0.1) is 0 Å². The topological polar surface area (TPSA) is 61.4 Å². The Kier molecular flexibility index (Phi) is 5.96. The van der Waals surface area contributed by atoms with Crippen molar-refractivity contribution in [2.45, 2.75) is 29.7 Å². The Morgan fingerprint density at radius 2 is 1.81 bits per heavy atom. The van der Waals surface area contributed by atoms with E-state index in [1.54, 1.807) is 0 Å². The minimum Gasteiger partial charge on any atom is -0.352 e. The van der Waals surface area contributed by atoms with Crippen LogP contribution < -0.4 is 10.6 Å². The molecule has 5 nitrogen and oxygen atoms in total. The van der Waals surface area contributed by atoms with Crippen LogP contribution >= 0.6 is 11.8 Å². The van der Waals surface area contributed by atoms with E-state index in [9.17, 15) is 9.59 Å². The first-order valence-electron chi connectivity index (χ1n) is 8.57. The lowest BCUT2D eigenvalue weighted by atomic mass is 10.1. The number of hydrogen-bond acceptors (Lipinski definition) is 4. The first-order valence-corrected chi connectivity index (χ1v) is 9.45. The molecule has 0 radical (unpaired) electrons. The van der Waals surface area contributed by atoms with Gasteiger partial charge in [0.2, 0.25) is 11.8 Å². The Balaban J connectivity index is 1.51. The molecule has 0 bridgehead atoms. The van der Waals surface area contributed by atoms with Crippen LogP contribution in [0.2, 0.25) is 0 Å². The average molecular weight is 369 g/mol. The number of amides is 2. The van der Waals surface area contributed by atoms with Gasteiger partial charge in [-0.05, 0) is 37.4 Å². The Hall–Kier alpha value is -2.31. The standard InChI is InChI=1S/C20H23N3O2S/c1-23(2)13-15-9-7-14(8-10-15)12-21-19(24)11-18-20(25)22-16-5-3-4-6-17(16)26-18/h3-10,18H,11-13H2,1-2H3,(H,21,24)(H,22,25)/t18-/m1/s1. The van der Waals surface area contributed by atoms with Crippen LogP contribution in [0.5, 0.6) is 0 Å². The van der Waals surface area contributed by atoms with Crippen molar-refractivity contribution in [2.24, 2.45) is 0 Å². The van der Waals surface area contributed by atoms with Crippen molar-refractivity contribution in [1.82, 2.24) is 10.2 Å². The van der Waals surface area contributed by atoms with E-state index in [2.05, 4.69) is 27.7 Å². The van der Waals surface area contributed by atoms with Crippen molar-refractivity contribution in [3.05, 3.63) is 59.7 Å². The van der Waals surface area contributed by atoms with Gasteiger partial charge >= 0.3 is 0 Å². The average Bonchev–Trinajstić information content (AvgIpc) is 2.61. The zero-order chi connectivity index (χ0) is 18.5. The maximum absolute atomic E-state index is 12.2. The van der Waals surface area contributed by atoms with Gasteiger partial charge in [0.1, 0.15) is 0 Å². The predicted octanol–water partition coefficient (Wildman–Crippen LogP) is 2.87. The van der Waals surface area contributed by atoms with Crippen molar-refractivity contribution in [3.63, 3.8) is 0 Å². The maximum atomic E-state index is 12.2. The Bertz CT molecular complexity index is 790. The number of nitrogens with one attached hydrogen (secondary N) is 2. The van der Waals surface area contributed by atoms with Crippen LogP contribution in [0.25, 0.3) is 0 Å². The fraction of sp³-hybridized carbons (Fsp3) is 0.300. The van der Waals surface area contributed by atoms with Crippen molar-refractivity contribution in [3.8, 4) is 0 Å². The zero-order valence-corrected chi connectivity index (χ0v) is 15.8. The number of benzene rings is 2. The maximum Gasteiger partial charge on any atom is 0.238 e. The summed E-state index contributed by atoms with van der Waals surface area (Å²) in [6.07, 6.45) is 0.170. The fourth-order valence-corrected chi connectivity index (χ4v) is 3.91. The molecule has 0 unspecified atom stereocenters. The molecule has 6 heteroatoms. The molecule has 136 valence electrons. The Morgan fingerprint density at radius 1 is 1.12 bits per heavy atom. The molecule has 0 saturated heterocycles. The molecular weight excluding hydrogens is 346 g/mol. The van der Waals surface area contributed by atoms with E-state index in [1.807, 2.05) is 50.5 Å². The third kappa shape index (κ3) is 4.86. The van der Waals surface area contributed by atoms with Gasteiger partial charge in [0, 0.05) is 24.4 Å². The molecule has 2 aromatic carbocycles. The lowest BCUT2D eigenvalue weighted by Gasteiger charge is -2.23. The van der Waals surface area contributed by atoms with E-state index in [4.69, 9.17) is 0 Å². The van der Waals surface area contributed by atoms with Gasteiger partial charge in [-0.15, -0.1) is 11.8 Å². The summed E-state index contributed by atoms with van der Waals surface area (Å²) in [5, 5.41) is 5.38. The van der Waals surface area contributed by atoms with E-state index in [0.29, 0.717) is 6.54 Å². The molecule has 1 atom stereocenters. The molecule has 0 fully saturated rings. The second-order valence-electron chi connectivity index (χ2n) is 6.63. The highest BCUT2D eigenvalue weighted by Gasteiger charge is 2.28. The molecule has 2 amide bonds. The Morgan fingerprint density at radius 3 is 2.54 bits per heavy atom. The molecular formula is C20H23N3O2S. The summed E-state index contributed by atoms with van der Waals surface area (Å²) in [5.74, 6) is -0.230. The van der Waals surface area contributed by atoms with Crippen LogP contribution in [0.4, 0.5) is 5.69 Å². The van der Waals surface area contributed by atoms with Crippen LogP contribution in [-0.4, -0.2) is 36.1 Å². The van der Waals surface area contributed by atoms with Gasteiger partial charge in [-0.25, -0.2) is 0 Å². The minimum atomic E-state index is -0.396. The molecule has 26 heavy (non-hydrogen) atoms. The molecule has 0 aromatic heterocycles. The summed E-state index contributed by atoms with van der Waals surface area (Å²) >= 11 is 1.45. The molecule has 0 saturated carbocycles. The lowest BCUT2D eigenvalue weighted by molar-refractivity contribution is -0.124. The predicted molar refractivity (Wildman–Crippen MR) is 105 cm³/mol. The van der Waals surface area contributed by atoms with Crippen molar-refractivity contribution in [2.75, 3.05) is 19.4 Å². The highest BCUT2D eigenvalue weighted by atomic mass is 32.2. The minimum absolute atomic E-state index is 0.114. The quantitative estimate of drug-likeness (QED) is 0.822. The summed E-state index contributed by atoms with van der Waals surface area (Å²) in [6, 6.07) is 15.8. The zero-order valence-electron chi connectivity index (χ0n) is 15.0. The smallest absolute Gasteiger partial charge is 0.238 e. The van der Waals surface area contributed by atoms with Gasteiger partial charge in [0.25, 0.3) is 0 Å². The highest BCUT2D eigenvalue weighted by Crippen LogP contribution is 2.36. The normalized spacial score (nSPS) is 16.1. The van der Waals surface area contributed by atoms with Crippen LogP contribution in [0.1, 0.15) is 17.5 Å². The summed E-state index contributed by atoms with van der Waals surface area (Å²) in [6.45, 7) is 1.36.